The zero-order valence-electron chi connectivity index (χ0n) is 23.9. The fraction of sp³-hybridized carbons (Fsp3) is 0.147. The minimum absolute atomic E-state index is 0.237. The summed E-state index contributed by atoms with van der Waals surface area (Å²) in [6.45, 7) is 4.72. The highest BCUT2D eigenvalue weighted by atomic mass is 35.5. The number of barbiturate groups is 1. The van der Waals surface area contributed by atoms with Crippen molar-refractivity contribution in [2.45, 2.75) is 27.1 Å². The van der Waals surface area contributed by atoms with Crippen molar-refractivity contribution in [3.05, 3.63) is 123 Å². The lowest BCUT2D eigenvalue weighted by molar-refractivity contribution is -0.122. The Kier molecular flexibility index (Phi) is 9.53. The Bertz CT molecular complexity index is 1740. The molecule has 4 aromatic rings. The average Bonchev–Trinajstić information content (AvgIpc) is 2.99. The van der Waals surface area contributed by atoms with E-state index in [0.29, 0.717) is 41.0 Å². The van der Waals surface area contributed by atoms with Gasteiger partial charge in [0.15, 0.2) is 11.5 Å². The molecule has 1 aliphatic heterocycles. The molecule has 8 nitrogen and oxygen atoms in total. The second-order valence-electron chi connectivity index (χ2n) is 9.91. The van der Waals surface area contributed by atoms with Crippen LogP contribution in [0.15, 0.2) is 90.5 Å². The molecule has 224 valence electrons. The topological polar surface area (TPSA) is 94.2 Å². The Morgan fingerprint density at radius 1 is 0.818 bits per heavy atom. The zero-order valence-corrected chi connectivity index (χ0v) is 25.4. The zero-order chi connectivity index (χ0) is 31.2. The van der Waals surface area contributed by atoms with Gasteiger partial charge >= 0.3 is 6.03 Å². The summed E-state index contributed by atoms with van der Waals surface area (Å²) in [5, 5.41) is 3.10. The van der Waals surface area contributed by atoms with Crippen molar-refractivity contribution in [3.8, 4) is 17.2 Å². The third kappa shape index (κ3) is 7.22. The van der Waals surface area contributed by atoms with Crippen molar-refractivity contribution in [2.24, 2.45) is 0 Å². The van der Waals surface area contributed by atoms with E-state index in [-0.39, 0.29) is 22.9 Å². The number of urea groups is 1. The van der Waals surface area contributed by atoms with Crippen molar-refractivity contribution in [3.63, 3.8) is 0 Å². The number of nitrogens with one attached hydrogen (secondary N) is 1. The number of halogens is 2. The predicted molar refractivity (Wildman–Crippen MR) is 169 cm³/mol. The van der Waals surface area contributed by atoms with Crippen molar-refractivity contribution in [1.82, 2.24) is 5.32 Å². The SMILES string of the molecule is CCOc1cc(/C=C2\C(=O)NC(=O)N(c3ccc(OCc4ccc(Cl)cc4)cc3)C2=O)cc(Cl)c1OCc1cccc(C)c1. The van der Waals surface area contributed by atoms with E-state index in [4.69, 9.17) is 37.4 Å². The van der Waals surface area contributed by atoms with E-state index in [1.54, 1.807) is 48.5 Å². The molecule has 0 radical (unpaired) electrons. The molecule has 10 heteroatoms. The maximum atomic E-state index is 13.5. The molecule has 0 unspecified atom stereocenters. The molecule has 44 heavy (non-hydrogen) atoms. The highest BCUT2D eigenvalue weighted by Gasteiger charge is 2.37. The van der Waals surface area contributed by atoms with Gasteiger partial charge in [-0.1, -0.05) is 65.2 Å². The van der Waals surface area contributed by atoms with Crippen LogP contribution in [-0.4, -0.2) is 24.5 Å². The standard InChI is InChI=1S/C34H28Cl2N2O6/c1-3-42-30-18-24(17-29(36)31(30)44-20-23-6-4-5-21(2)15-23)16-28-32(39)37-34(41)38(33(28)40)26-11-13-27(14-12-26)43-19-22-7-9-25(35)10-8-22/h4-18H,3,19-20H2,1-2H3,(H,37,39,41)/b28-16+. The van der Waals surface area contributed by atoms with Crippen LogP contribution >= 0.6 is 23.2 Å². The smallest absolute Gasteiger partial charge is 0.335 e. The predicted octanol–water partition coefficient (Wildman–Crippen LogP) is 7.52. The lowest BCUT2D eigenvalue weighted by atomic mass is 10.1. The van der Waals surface area contributed by atoms with Crippen LogP contribution in [0, 0.1) is 6.92 Å². The summed E-state index contributed by atoms with van der Waals surface area (Å²) in [5.41, 5.74) is 3.42. The van der Waals surface area contributed by atoms with E-state index < -0.39 is 17.8 Å². The minimum Gasteiger partial charge on any atom is -0.490 e. The van der Waals surface area contributed by atoms with Crippen LogP contribution in [0.4, 0.5) is 10.5 Å². The van der Waals surface area contributed by atoms with E-state index in [9.17, 15) is 14.4 Å². The van der Waals surface area contributed by atoms with E-state index >= 15 is 0 Å². The summed E-state index contributed by atoms with van der Waals surface area (Å²) in [6.07, 6.45) is 1.36. The van der Waals surface area contributed by atoms with Gasteiger partial charge in [0.25, 0.3) is 11.8 Å². The second-order valence-corrected chi connectivity index (χ2v) is 10.8. The van der Waals surface area contributed by atoms with Gasteiger partial charge in [-0.15, -0.1) is 0 Å². The molecular weight excluding hydrogens is 603 g/mol. The number of ether oxygens (including phenoxy) is 3. The van der Waals surface area contributed by atoms with Gasteiger partial charge in [-0.25, -0.2) is 9.69 Å². The number of rotatable bonds is 10. The second kappa shape index (κ2) is 13.7. The number of hydrogen-bond donors (Lipinski definition) is 1. The van der Waals surface area contributed by atoms with E-state index in [1.165, 1.54) is 6.08 Å². The molecule has 0 atom stereocenters. The monoisotopic (exact) mass is 630 g/mol. The van der Waals surface area contributed by atoms with Crippen molar-refractivity contribution in [2.75, 3.05) is 11.5 Å². The Labute approximate surface area is 264 Å². The molecule has 0 spiro atoms. The Hall–Kier alpha value is -4.79. The van der Waals surface area contributed by atoms with E-state index in [2.05, 4.69) is 5.32 Å². The Morgan fingerprint density at radius 2 is 1.55 bits per heavy atom. The largest absolute Gasteiger partial charge is 0.490 e. The maximum absolute atomic E-state index is 13.5. The van der Waals surface area contributed by atoms with Gasteiger partial charge in [0.1, 0.15) is 24.5 Å². The van der Waals surface area contributed by atoms with Crippen LogP contribution in [0.3, 0.4) is 0 Å². The third-order valence-corrected chi connectivity index (χ3v) is 7.16. The summed E-state index contributed by atoms with van der Waals surface area (Å²) in [6, 6.07) is 23.9. The molecule has 4 amide bonds. The van der Waals surface area contributed by atoms with Crippen molar-refractivity contribution < 1.29 is 28.6 Å². The Balaban J connectivity index is 1.35. The molecule has 1 N–H and O–H groups in total. The first kappa shape index (κ1) is 30.7. The third-order valence-electron chi connectivity index (χ3n) is 6.62. The van der Waals surface area contributed by atoms with Gasteiger partial charge in [0.2, 0.25) is 0 Å². The van der Waals surface area contributed by atoms with Crippen molar-refractivity contribution in [1.29, 1.82) is 0 Å². The summed E-state index contributed by atoms with van der Waals surface area (Å²) in [5.74, 6) is -0.393. The molecular formula is C34H28Cl2N2O6. The fourth-order valence-electron chi connectivity index (χ4n) is 4.53. The van der Waals surface area contributed by atoms with Gasteiger partial charge in [-0.05, 0) is 85.1 Å². The van der Waals surface area contributed by atoms with Gasteiger partial charge in [-0.2, -0.15) is 0 Å². The van der Waals surface area contributed by atoms with Gasteiger partial charge in [0, 0.05) is 5.02 Å². The summed E-state index contributed by atoms with van der Waals surface area (Å²) < 4.78 is 17.6. The highest BCUT2D eigenvalue weighted by molar-refractivity contribution is 6.39. The average molecular weight is 632 g/mol. The van der Waals surface area contributed by atoms with Crippen LogP contribution in [0.5, 0.6) is 17.2 Å². The molecule has 1 saturated heterocycles. The number of carbonyl (C=O) groups is 3. The van der Waals surface area contributed by atoms with E-state index in [1.807, 2.05) is 50.2 Å². The quantitative estimate of drug-likeness (QED) is 0.144. The lowest BCUT2D eigenvalue weighted by Gasteiger charge is -2.26. The first-order valence-corrected chi connectivity index (χ1v) is 14.5. The highest BCUT2D eigenvalue weighted by Crippen LogP contribution is 2.38. The molecule has 5 rings (SSSR count). The summed E-state index contributed by atoms with van der Waals surface area (Å²) in [7, 11) is 0. The Morgan fingerprint density at radius 3 is 2.25 bits per heavy atom. The first-order chi connectivity index (χ1) is 21.2. The number of imide groups is 2. The normalized spacial score (nSPS) is 14.0. The molecule has 0 aromatic heterocycles. The van der Waals surface area contributed by atoms with Crippen LogP contribution < -0.4 is 24.4 Å². The summed E-state index contributed by atoms with van der Waals surface area (Å²) in [4.78, 5) is 39.9. The van der Waals surface area contributed by atoms with E-state index in [0.717, 1.165) is 21.6 Å². The number of benzene rings is 4. The number of amides is 4. The van der Waals surface area contributed by atoms with Crippen LogP contribution in [-0.2, 0) is 22.8 Å². The van der Waals surface area contributed by atoms with Gasteiger partial charge in [-0.3, -0.25) is 14.9 Å². The minimum atomic E-state index is -0.861. The number of anilines is 1. The number of nitrogens with zero attached hydrogens (tertiary/aromatic N) is 1. The number of aryl methyl sites for hydroxylation is 1. The number of carbonyl (C=O) groups excluding carboxylic acids is 3. The van der Waals surface area contributed by atoms with Gasteiger partial charge in [0.05, 0.1) is 17.3 Å². The fourth-order valence-corrected chi connectivity index (χ4v) is 4.93. The molecule has 0 bridgehead atoms. The molecule has 0 saturated carbocycles. The number of hydrogen-bond acceptors (Lipinski definition) is 6. The molecule has 1 fully saturated rings. The van der Waals surface area contributed by atoms with Gasteiger partial charge < -0.3 is 14.2 Å². The molecule has 0 aliphatic carbocycles. The molecule has 4 aromatic carbocycles. The van der Waals surface area contributed by atoms with Crippen LogP contribution in [0.25, 0.3) is 6.08 Å². The molecule has 1 heterocycles. The first-order valence-electron chi connectivity index (χ1n) is 13.7. The lowest BCUT2D eigenvalue weighted by Crippen LogP contribution is -2.54. The van der Waals surface area contributed by atoms with Crippen molar-refractivity contribution >= 4 is 52.8 Å². The summed E-state index contributed by atoms with van der Waals surface area (Å²) >= 11 is 12.5. The van der Waals surface area contributed by atoms with Crippen LogP contribution in [0.1, 0.15) is 29.2 Å². The molecule has 1 aliphatic rings. The maximum Gasteiger partial charge on any atom is 0.335 e. The van der Waals surface area contributed by atoms with Crippen LogP contribution in [0.2, 0.25) is 10.0 Å².